The van der Waals surface area contributed by atoms with E-state index in [1.807, 2.05) is 0 Å². The Balaban J connectivity index is -0.0000000200. The van der Waals surface area contributed by atoms with Crippen molar-refractivity contribution in [3.8, 4) is 0 Å². The van der Waals surface area contributed by atoms with Gasteiger partial charge in [-0.15, -0.1) is 0 Å². The molecule has 0 spiro atoms. The summed E-state index contributed by atoms with van der Waals surface area (Å²) in [6, 6.07) is 0. The maximum absolute atomic E-state index is 10.2. The van der Waals surface area contributed by atoms with Crippen LogP contribution in [0.4, 0.5) is 4.39 Å². The summed E-state index contributed by atoms with van der Waals surface area (Å²) in [5.41, 5.74) is 0. The van der Waals surface area contributed by atoms with E-state index < -0.39 is 0 Å². The van der Waals surface area contributed by atoms with E-state index in [0.717, 1.165) is 0 Å². The molecule has 0 aliphatic rings. The Kier molecular flexibility index (Phi) is 51.7. The van der Waals surface area contributed by atoms with Crippen LogP contribution in [0.25, 0.3) is 0 Å². The number of hydrogen-bond acceptors (Lipinski definition) is 0. The summed E-state index contributed by atoms with van der Waals surface area (Å²) in [4.78, 5) is 0. The topological polar surface area (TPSA) is 0 Å². The maximum atomic E-state index is 10.2. The van der Waals surface area contributed by atoms with Crippen molar-refractivity contribution in [3.05, 3.63) is 6.67 Å². The van der Waals surface area contributed by atoms with Gasteiger partial charge < -0.3 is 4.39 Å². The monoisotopic (exact) mass is 225 g/mol. The van der Waals surface area contributed by atoms with Crippen molar-refractivity contribution in [2.24, 2.45) is 0 Å². The molecular formula is C2H4FY2-. The van der Waals surface area contributed by atoms with Crippen molar-refractivity contribution < 1.29 is 69.8 Å². The van der Waals surface area contributed by atoms with E-state index in [0.29, 0.717) is 6.67 Å². The fourth-order valence-electron chi connectivity index (χ4n) is 0. The number of hydrogen-bond donors (Lipinski definition) is 0. The molecule has 0 fully saturated rings. The molecule has 0 bridgehead atoms. The molecule has 0 amide bonds. The molecule has 3 heteroatoms. The molecule has 0 unspecified atom stereocenters. The van der Waals surface area contributed by atoms with Gasteiger partial charge in [-0.05, 0) is 0 Å². The van der Waals surface area contributed by atoms with Crippen molar-refractivity contribution >= 4 is 0 Å². The van der Waals surface area contributed by atoms with E-state index in [1.54, 1.807) is 0 Å². The van der Waals surface area contributed by atoms with Crippen LogP contribution < -0.4 is 0 Å². The normalized spacial score (nSPS) is 3.60. The Labute approximate surface area is 82.0 Å². The van der Waals surface area contributed by atoms with E-state index in [-0.39, 0.29) is 65.4 Å². The fourth-order valence-corrected chi connectivity index (χ4v) is 0. The first-order valence-corrected chi connectivity index (χ1v) is 0.796. The molecule has 0 aromatic rings. The van der Waals surface area contributed by atoms with Crippen molar-refractivity contribution in [2.75, 3.05) is 0 Å². The molecule has 0 nitrogen and oxygen atoms in total. The molecule has 0 saturated carbocycles. The molecule has 0 aliphatic carbocycles. The Bertz CT molecular complexity index is 7.61. The zero-order valence-corrected chi connectivity index (χ0v) is 8.79. The summed E-state index contributed by atoms with van der Waals surface area (Å²) < 4.78 is 10.2. The third kappa shape index (κ3) is 23.0. The molecule has 2 radical (unpaired) electrons. The smallest absolute Gasteiger partial charge is 0 e. The van der Waals surface area contributed by atoms with Gasteiger partial charge in [0.15, 0.2) is 0 Å². The minimum absolute atomic E-state index is 0. The van der Waals surface area contributed by atoms with Gasteiger partial charge in [-0.1, -0.05) is 0 Å². The van der Waals surface area contributed by atoms with Crippen LogP contribution in [0, 0.1) is 6.67 Å². The third-order valence-electron chi connectivity index (χ3n) is 0. The van der Waals surface area contributed by atoms with Crippen LogP contribution in [0.15, 0.2) is 0 Å². The van der Waals surface area contributed by atoms with Gasteiger partial charge >= 0.3 is 0 Å². The zero-order chi connectivity index (χ0) is 2.71. The van der Waals surface area contributed by atoms with Crippen molar-refractivity contribution in [1.29, 1.82) is 0 Å². The first kappa shape index (κ1) is 15.7. The van der Waals surface area contributed by atoms with Gasteiger partial charge in [0.2, 0.25) is 0 Å². The van der Waals surface area contributed by atoms with Gasteiger partial charge in [-0.25, -0.2) is 0 Å². The second kappa shape index (κ2) is 16.5. The summed E-state index contributed by atoms with van der Waals surface area (Å²) in [6.07, 6.45) is 0. The Morgan fingerprint density at radius 1 is 1.40 bits per heavy atom. The van der Waals surface area contributed by atoms with Gasteiger partial charge in [-0.2, -0.15) is 13.6 Å². The minimum atomic E-state index is 0. The summed E-state index contributed by atoms with van der Waals surface area (Å²) in [5.74, 6) is 0. The van der Waals surface area contributed by atoms with Crippen molar-refractivity contribution in [2.45, 2.75) is 6.92 Å². The van der Waals surface area contributed by atoms with Gasteiger partial charge in [-0.3, -0.25) is 0 Å². The molecule has 0 aromatic carbocycles. The minimum Gasteiger partial charge on any atom is -0.460 e. The van der Waals surface area contributed by atoms with Crippen LogP contribution in [0.3, 0.4) is 0 Å². The molecule has 26 valence electrons. The second-order valence-electron chi connectivity index (χ2n) is 0.218. The molecule has 0 atom stereocenters. The van der Waals surface area contributed by atoms with Crippen LogP contribution in [0.1, 0.15) is 6.92 Å². The fraction of sp³-hybridized carbons (Fsp3) is 0.500. The standard InChI is InChI=1S/C2H4F.2Y/c1-2-3;;/h2H,1H3;;/q-1;;. The van der Waals surface area contributed by atoms with E-state index >= 15 is 0 Å². The molecule has 0 aliphatic heterocycles. The van der Waals surface area contributed by atoms with E-state index in [9.17, 15) is 4.39 Å². The molecule has 0 aromatic heterocycles. The van der Waals surface area contributed by atoms with Crippen LogP contribution >= 0.6 is 0 Å². The summed E-state index contributed by atoms with van der Waals surface area (Å²) in [6.45, 7) is 1.83. The van der Waals surface area contributed by atoms with E-state index in [4.69, 9.17) is 0 Å². The first-order chi connectivity index (χ1) is 1.41. The molecular weight excluding hydrogens is 221 g/mol. The maximum Gasteiger partial charge on any atom is 0 e. The van der Waals surface area contributed by atoms with Gasteiger partial charge in [0.05, 0.1) is 0 Å². The van der Waals surface area contributed by atoms with Crippen LogP contribution in [-0.4, -0.2) is 0 Å². The van der Waals surface area contributed by atoms with Crippen LogP contribution in [-0.2, 0) is 65.4 Å². The largest absolute Gasteiger partial charge is 0.460 e. The predicted octanol–water partition coefficient (Wildman–Crippen LogP) is 1.13. The first-order valence-electron chi connectivity index (χ1n) is 0.796. The molecule has 0 rings (SSSR count). The number of halogens is 1. The van der Waals surface area contributed by atoms with Crippen molar-refractivity contribution in [3.63, 3.8) is 0 Å². The molecule has 0 heterocycles. The van der Waals surface area contributed by atoms with Gasteiger partial charge in [0, 0.05) is 65.4 Å². The van der Waals surface area contributed by atoms with E-state index in [2.05, 4.69) is 0 Å². The predicted molar refractivity (Wildman–Crippen MR) is 11.1 cm³/mol. The van der Waals surface area contributed by atoms with Crippen LogP contribution in [0.5, 0.6) is 0 Å². The summed E-state index contributed by atoms with van der Waals surface area (Å²) in [5, 5.41) is 0. The quantitative estimate of drug-likeness (QED) is 0.542. The third-order valence-corrected chi connectivity index (χ3v) is 0. The average Bonchev–Trinajstić information content (AvgIpc) is 0.918. The SMILES string of the molecule is C[CH-]F.[Y].[Y]. The van der Waals surface area contributed by atoms with Crippen LogP contribution in [0.2, 0.25) is 0 Å². The Morgan fingerprint density at radius 3 is 1.40 bits per heavy atom. The number of rotatable bonds is 0. The molecule has 5 heavy (non-hydrogen) atoms. The Morgan fingerprint density at radius 2 is 1.40 bits per heavy atom. The van der Waals surface area contributed by atoms with Gasteiger partial charge in [0.1, 0.15) is 0 Å². The Hall–Kier alpha value is 2.14. The van der Waals surface area contributed by atoms with Gasteiger partial charge in [0.25, 0.3) is 0 Å². The zero-order valence-electron chi connectivity index (χ0n) is 3.11. The van der Waals surface area contributed by atoms with Crippen molar-refractivity contribution in [1.82, 2.24) is 0 Å². The molecule has 0 N–H and O–H groups in total. The van der Waals surface area contributed by atoms with E-state index in [1.165, 1.54) is 6.92 Å². The summed E-state index contributed by atoms with van der Waals surface area (Å²) >= 11 is 0. The molecule has 0 saturated heterocycles. The summed E-state index contributed by atoms with van der Waals surface area (Å²) in [7, 11) is 0. The average molecular weight is 225 g/mol. The second-order valence-corrected chi connectivity index (χ2v) is 0.218.